The van der Waals surface area contributed by atoms with Crippen molar-refractivity contribution in [3.05, 3.63) is 29.8 Å². The third-order valence-electron chi connectivity index (χ3n) is 2.03. The molecule has 1 rings (SSSR count). The van der Waals surface area contributed by atoms with E-state index < -0.39 is 0 Å². The van der Waals surface area contributed by atoms with Crippen LogP contribution in [0.15, 0.2) is 29.4 Å². The molecule has 0 unspecified atom stereocenters. The van der Waals surface area contributed by atoms with E-state index in [0.29, 0.717) is 25.3 Å². The van der Waals surface area contributed by atoms with Gasteiger partial charge < -0.3 is 21.0 Å². The molecule has 0 spiro atoms. The lowest BCUT2D eigenvalue weighted by Gasteiger charge is -2.06. The van der Waals surface area contributed by atoms with Gasteiger partial charge in [0.05, 0.1) is 6.54 Å². The molecule has 17 heavy (non-hydrogen) atoms. The summed E-state index contributed by atoms with van der Waals surface area (Å²) < 4.78 is 5.45. The fraction of sp³-hybridized carbons (Fsp3) is 0.250. The molecule has 4 N–H and O–H groups in total. The van der Waals surface area contributed by atoms with E-state index in [-0.39, 0.29) is 5.84 Å². The van der Waals surface area contributed by atoms with Crippen LogP contribution in [0, 0.1) is 12.3 Å². The maximum Gasteiger partial charge on any atom is 0.170 e. The molecule has 1 aromatic carbocycles. The van der Waals surface area contributed by atoms with Crippen LogP contribution in [0.1, 0.15) is 5.56 Å². The van der Waals surface area contributed by atoms with Gasteiger partial charge in [0, 0.05) is 12.1 Å². The number of ether oxygens (including phenoxy) is 1. The highest BCUT2D eigenvalue weighted by atomic mass is 16.5. The highest BCUT2D eigenvalue weighted by Crippen LogP contribution is 2.11. The summed E-state index contributed by atoms with van der Waals surface area (Å²) in [4.78, 5) is 0. The number of oxime groups is 1. The smallest absolute Gasteiger partial charge is 0.170 e. The van der Waals surface area contributed by atoms with Gasteiger partial charge in [-0.3, -0.25) is 0 Å². The van der Waals surface area contributed by atoms with Crippen molar-refractivity contribution >= 4 is 5.84 Å². The molecular formula is C12H15N3O2. The molecular weight excluding hydrogens is 218 g/mol. The average molecular weight is 233 g/mol. The van der Waals surface area contributed by atoms with Crippen LogP contribution in [0.4, 0.5) is 0 Å². The summed E-state index contributed by atoms with van der Waals surface area (Å²) in [6, 6.07) is 6.96. The van der Waals surface area contributed by atoms with Crippen LogP contribution in [0.3, 0.4) is 0 Å². The molecule has 0 heterocycles. The number of nitrogens with two attached hydrogens (primary N) is 1. The van der Waals surface area contributed by atoms with Crippen LogP contribution in [0.25, 0.3) is 0 Å². The highest BCUT2D eigenvalue weighted by molar-refractivity contribution is 5.97. The molecule has 0 aliphatic heterocycles. The number of hydrogen-bond donors (Lipinski definition) is 3. The molecule has 0 aliphatic carbocycles. The Balaban J connectivity index is 2.39. The summed E-state index contributed by atoms with van der Waals surface area (Å²) in [5.74, 6) is 3.28. The topological polar surface area (TPSA) is 79.9 Å². The van der Waals surface area contributed by atoms with Gasteiger partial charge in [0.1, 0.15) is 12.4 Å². The first-order valence-corrected chi connectivity index (χ1v) is 5.13. The van der Waals surface area contributed by atoms with Gasteiger partial charge in [0.2, 0.25) is 0 Å². The van der Waals surface area contributed by atoms with Gasteiger partial charge >= 0.3 is 0 Å². The summed E-state index contributed by atoms with van der Waals surface area (Å²) in [6.45, 7) is 1.75. The second-order valence-corrected chi connectivity index (χ2v) is 3.24. The minimum absolute atomic E-state index is 0.0761. The number of nitrogens with one attached hydrogen (secondary N) is 1. The third-order valence-corrected chi connectivity index (χ3v) is 2.03. The molecule has 0 amide bonds. The van der Waals surface area contributed by atoms with Gasteiger partial charge in [-0.15, -0.1) is 6.42 Å². The van der Waals surface area contributed by atoms with E-state index in [1.807, 2.05) is 0 Å². The van der Waals surface area contributed by atoms with E-state index in [9.17, 15) is 0 Å². The number of nitrogens with zero attached hydrogens (tertiary/aromatic N) is 1. The monoisotopic (exact) mass is 233 g/mol. The average Bonchev–Trinajstić information content (AvgIpc) is 2.38. The maximum atomic E-state index is 8.49. The summed E-state index contributed by atoms with van der Waals surface area (Å²) >= 11 is 0. The minimum Gasteiger partial charge on any atom is -0.492 e. The Morgan fingerprint density at radius 3 is 2.76 bits per heavy atom. The molecule has 5 heteroatoms. The fourth-order valence-corrected chi connectivity index (χ4v) is 1.18. The summed E-state index contributed by atoms with van der Waals surface area (Å²) in [5.41, 5.74) is 6.07. The van der Waals surface area contributed by atoms with Crippen molar-refractivity contribution in [1.29, 1.82) is 0 Å². The molecule has 0 atom stereocenters. The van der Waals surface area contributed by atoms with Crippen LogP contribution in [0.5, 0.6) is 5.75 Å². The Kier molecular flexibility index (Phi) is 5.41. The molecule has 0 aliphatic rings. The predicted molar refractivity (Wildman–Crippen MR) is 66.2 cm³/mol. The number of hydrogen-bond acceptors (Lipinski definition) is 4. The molecule has 90 valence electrons. The van der Waals surface area contributed by atoms with E-state index in [4.69, 9.17) is 22.1 Å². The van der Waals surface area contributed by atoms with Crippen LogP contribution in [-0.2, 0) is 0 Å². The molecule has 0 aromatic heterocycles. The Morgan fingerprint density at radius 2 is 2.18 bits per heavy atom. The summed E-state index contributed by atoms with van der Waals surface area (Å²) in [6.07, 6.45) is 5.08. The normalized spacial score (nSPS) is 10.9. The molecule has 0 radical (unpaired) electrons. The molecule has 5 nitrogen and oxygen atoms in total. The van der Waals surface area contributed by atoms with Gasteiger partial charge in [0.25, 0.3) is 0 Å². The lowest BCUT2D eigenvalue weighted by molar-refractivity contribution is 0.316. The lowest BCUT2D eigenvalue weighted by Crippen LogP contribution is -2.21. The van der Waals surface area contributed by atoms with Crippen LogP contribution in [-0.4, -0.2) is 30.7 Å². The Hall–Kier alpha value is -2.19. The Bertz CT molecular complexity index is 407. The van der Waals surface area contributed by atoms with Gasteiger partial charge in [-0.2, -0.15) is 0 Å². The largest absolute Gasteiger partial charge is 0.492 e. The van der Waals surface area contributed by atoms with Crippen molar-refractivity contribution in [2.24, 2.45) is 10.9 Å². The molecule has 0 bridgehead atoms. The summed E-state index contributed by atoms with van der Waals surface area (Å²) in [7, 11) is 0. The predicted octanol–water partition coefficient (Wildman–Crippen LogP) is 0.383. The van der Waals surface area contributed by atoms with Crippen LogP contribution in [0.2, 0.25) is 0 Å². The molecule has 1 aromatic rings. The first kappa shape index (κ1) is 12.9. The number of benzene rings is 1. The number of terminal acetylenes is 1. The van der Waals surface area contributed by atoms with E-state index >= 15 is 0 Å². The van der Waals surface area contributed by atoms with Gasteiger partial charge in [-0.05, 0) is 24.3 Å². The van der Waals surface area contributed by atoms with Crippen molar-refractivity contribution in [1.82, 2.24) is 5.32 Å². The van der Waals surface area contributed by atoms with Gasteiger partial charge in [0.15, 0.2) is 5.84 Å². The van der Waals surface area contributed by atoms with Crippen LogP contribution >= 0.6 is 0 Å². The molecule has 0 saturated carbocycles. The van der Waals surface area contributed by atoms with Crippen molar-refractivity contribution in [2.45, 2.75) is 0 Å². The van der Waals surface area contributed by atoms with Gasteiger partial charge in [-0.1, -0.05) is 11.1 Å². The van der Waals surface area contributed by atoms with Crippen molar-refractivity contribution < 1.29 is 9.94 Å². The van der Waals surface area contributed by atoms with Crippen molar-refractivity contribution in [2.75, 3.05) is 19.7 Å². The zero-order chi connectivity index (χ0) is 12.5. The zero-order valence-corrected chi connectivity index (χ0v) is 9.39. The lowest BCUT2D eigenvalue weighted by atomic mass is 10.2. The van der Waals surface area contributed by atoms with E-state index in [2.05, 4.69) is 16.4 Å². The number of amidine groups is 1. The first-order valence-electron chi connectivity index (χ1n) is 5.13. The maximum absolute atomic E-state index is 8.49. The fourth-order valence-electron chi connectivity index (χ4n) is 1.18. The van der Waals surface area contributed by atoms with Gasteiger partial charge in [-0.25, -0.2) is 0 Å². The van der Waals surface area contributed by atoms with E-state index in [1.54, 1.807) is 24.3 Å². The van der Waals surface area contributed by atoms with Crippen molar-refractivity contribution in [3.63, 3.8) is 0 Å². The van der Waals surface area contributed by atoms with Crippen LogP contribution < -0.4 is 15.8 Å². The second kappa shape index (κ2) is 7.14. The van der Waals surface area contributed by atoms with E-state index in [0.717, 1.165) is 5.75 Å². The molecule has 0 fully saturated rings. The first-order chi connectivity index (χ1) is 8.27. The quantitative estimate of drug-likeness (QED) is 0.166. The van der Waals surface area contributed by atoms with Crippen molar-refractivity contribution in [3.8, 4) is 18.1 Å². The minimum atomic E-state index is 0.0761. The SMILES string of the molecule is C#CCNCCOc1ccc(C(N)=NO)cc1. The second-order valence-electron chi connectivity index (χ2n) is 3.24. The third kappa shape index (κ3) is 4.45. The molecule has 0 saturated heterocycles. The highest BCUT2D eigenvalue weighted by Gasteiger charge is 1.99. The Morgan fingerprint density at radius 1 is 1.47 bits per heavy atom. The Labute approximate surface area is 100 Å². The standard InChI is InChI=1S/C12H15N3O2/c1-2-7-14-8-9-17-11-5-3-10(4-6-11)12(13)15-16/h1,3-6,14,16H,7-9H2,(H2,13,15). The number of rotatable bonds is 6. The van der Waals surface area contributed by atoms with E-state index in [1.165, 1.54) is 0 Å². The summed E-state index contributed by atoms with van der Waals surface area (Å²) in [5, 5.41) is 14.4. The zero-order valence-electron chi connectivity index (χ0n) is 9.39.